The summed E-state index contributed by atoms with van der Waals surface area (Å²) in [6, 6.07) is 18.2. The van der Waals surface area contributed by atoms with E-state index < -0.39 is 5.72 Å². The number of ether oxygens (including phenoxy) is 1. The second-order valence-corrected chi connectivity index (χ2v) is 7.89. The summed E-state index contributed by atoms with van der Waals surface area (Å²) in [6.07, 6.45) is 2.35. The molecule has 1 spiro atoms. The van der Waals surface area contributed by atoms with Crippen molar-refractivity contribution in [2.75, 3.05) is 19.7 Å². The maximum absolute atomic E-state index is 13.0. The molecule has 0 aliphatic carbocycles. The van der Waals surface area contributed by atoms with Crippen molar-refractivity contribution in [1.29, 1.82) is 0 Å². The van der Waals surface area contributed by atoms with E-state index in [-0.39, 0.29) is 17.9 Å². The molecule has 28 heavy (non-hydrogen) atoms. The summed E-state index contributed by atoms with van der Waals surface area (Å²) in [4.78, 5) is 29.2. The molecule has 5 nitrogen and oxygen atoms in total. The Morgan fingerprint density at radius 1 is 1.04 bits per heavy atom. The van der Waals surface area contributed by atoms with Gasteiger partial charge >= 0.3 is 0 Å². The highest BCUT2D eigenvalue weighted by Crippen LogP contribution is 2.45. The average Bonchev–Trinajstić information content (AvgIpc) is 3.21. The molecule has 5 rings (SSSR count). The number of nitrogens with zero attached hydrogens (tertiary/aromatic N) is 2. The van der Waals surface area contributed by atoms with Gasteiger partial charge in [0.15, 0.2) is 5.72 Å². The Kier molecular flexibility index (Phi) is 4.20. The highest BCUT2D eigenvalue weighted by molar-refractivity contribution is 5.85. The van der Waals surface area contributed by atoms with Crippen molar-refractivity contribution < 1.29 is 14.3 Å². The fourth-order valence-electron chi connectivity index (χ4n) is 4.97. The quantitative estimate of drug-likeness (QED) is 0.828. The minimum Gasteiger partial charge on any atom is -0.353 e. The lowest BCUT2D eigenvalue weighted by molar-refractivity contribution is -0.181. The average molecular weight is 376 g/mol. The third kappa shape index (κ3) is 2.73. The molecular weight excluding hydrogens is 352 g/mol. The first-order chi connectivity index (χ1) is 13.7. The van der Waals surface area contributed by atoms with Gasteiger partial charge in [0.2, 0.25) is 11.8 Å². The lowest BCUT2D eigenvalue weighted by Gasteiger charge is -2.42. The Morgan fingerprint density at radius 2 is 1.79 bits per heavy atom. The number of carbonyl (C=O) groups is 2. The normalized spacial score (nSPS) is 26.3. The van der Waals surface area contributed by atoms with Gasteiger partial charge in [-0.3, -0.25) is 9.59 Å². The van der Waals surface area contributed by atoms with Crippen LogP contribution in [0.15, 0.2) is 54.6 Å². The number of amides is 2. The minimum atomic E-state index is -0.567. The predicted molar refractivity (Wildman–Crippen MR) is 105 cm³/mol. The molecule has 0 saturated carbocycles. The smallest absolute Gasteiger partial charge is 0.227 e. The van der Waals surface area contributed by atoms with Crippen molar-refractivity contribution in [2.24, 2.45) is 0 Å². The van der Waals surface area contributed by atoms with Crippen LogP contribution in [0.4, 0.5) is 0 Å². The summed E-state index contributed by atoms with van der Waals surface area (Å²) in [5.74, 6) is 0.201. The molecule has 2 amide bonds. The molecule has 0 N–H and O–H groups in total. The molecule has 3 heterocycles. The summed E-state index contributed by atoms with van der Waals surface area (Å²) in [5, 5.41) is 0. The van der Waals surface area contributed by atoms with Gasteiger partial charge in [-0.05, 0) is 23.1 Å². The van der Waals surface area contributed by atoms with E-state index in [0.717, 1.165) is 30.5 Å². The van der Waals surface area contributed by atoms with Crippen LogP contribution in [0, 0.1) is 0 Å². The summed E-state index contributed by atoms with van der Waals surface area (Å²) < 4.78 is 6.09. The lowest BCUT2D eigenvalue weighted by atomic mass is 10.0. The van der Waals surface area contributed by atoms with Gasteiger partial charge in [-0.25, -0.2) is 0 Å². The van der Waals surface area contributed by atoms with E-state index in [9.17, 15) is 9.59 Å². The Morgan fingerprint density at radius 3 is 2.57 bits per heavy atom. The third-order valence-corrected chi connectivity index (χ3v) is 6.35. The minimum absolute atomic E-state index is 0.0816. The van der Waals surface area contributed by atoms with Crippen molar-refractivity contribution in [3.63, 3.8) is 0 Å². The molecular formula is C23H24N2O3. The van der Waals surface area contributed by atoms with E-state index in [1.807, 2.05) is 40.1 Å². The first kappa shape index (κ1) is 17.4. The third-order valence-electron chi connectivity index (χ3n) is 6.35. The molecule has 2 aromatic carbocycles. The van der Waals surface area contributed by atoms with Gasteiger partial charge in [0.25, 0.3) is 0 Å². The van der Waals surface area contributed by atoms with Crippen LogP contribution in [0.1, 0.15) is 24.8 Å². The molecule has 2 atom stereocenters. The molecule has 3 fully saturated rings. The van der Waals surface area contributed by atoms with E-state index in [4.69, 9.17) is 4.74 Å². The topological polar surface area (TPSA) is 49.9 Å². The number of rotatable bonds is 3. The van der Waals surface area contributed by atoms with Crippen LogP contribution in [0.3, 0.4) is 0 Å². The predicted octanol–water partition coefficient (Wildman–Crippen LogP) is 2.85. The van der Waals surface area contributed by atoms with Gasteiger partial charge in [0.05, 0.1) is 25.5 Å². The van der Waals surface area contributed by atoms with Crippen LogP contribution in [0.5, 0.6) is 0 Å². The molecule has 3 aliphatic heterocycles. The fraction of sp³-hybridized carbons (Fsp3) is 0.391. The second kappa shape index (κ2) is 6.74. The summed E-state index contributed by atoms with van der Waals surface area (Å²) in [6.45, 7) is 2.08. The standard InChI is InChI=1S/C23H24N2O3/c26-21(15-17-7-9-19(10-8-17)18-5-2-1-3-6-18)24-13-11-23-20(24)16-22(27)25(23)12-4-14-28-23/h1-3,5-10,20H,4,11-16H2/t20-,23+/m1/s1. The molecule has 0 bridgehead atoms. The van der Waals surface area contributed by atoms with Crippen molar-refractivity contribution in [3.05, 3.63) is 60.2 Å². The van der Waals surface area contributed by atoms with E-state index in [1.54, 1.807) is 0 Å². The lowest BCUT2D eigenvalue weighted by Crippen LogP contribution is -2.56. The van der Waals surface area contributed by atoms with Gasteiger partial charge in [-0.1, -0.05) is 54.6 Å². The summed E-state index contributed by atoms with van der Waals surface area (Å²) in [7, 11) is 0. The van der Waals surface area contributed by atoms with E-state index in [0.29, 0.717) is 26.0 Å². The maximum Gasteiger partial charge on any atom is 0.227 e. The number of hydrogen-bond donors (Lipinski definition) is 0. The molecule has 3 aliphatic rings. The van der Waals surface area contributed by atoms with Crippen LogP contribution in [0.2, 0.25) is 0 Å². The van der Waals surface area contributed by atoms with E-state index in [1.165, 1.54) is 5.56 Å². The zero-order valence-electron chi connectivity index (χ0n) is 15.8. The second-order valence-electron chi connectivity index (χ2n) is 7.89. The van der Waals surface area contributed by atoms with Crippen molar-refractivity contribution >= 4 is 11.8 Å². The Balaban J connectivity index is 1.31. The van der Waals surface area contributed by atoms with Crippen LogP contribution in [0.25, 0.3) is 11.1 Å². The van der Waals surface area contributed by atoms with Crippen molar-refractivity contribution in [3.8, 4) is 11.1 Å². The Hall–Kier alpha value is -2.66. The first-order valence-electron chi connectivity index (χ1n) is 10.1. The van der Waals surface area contributed by atoms with Gasteiger partial charge in [-0.15, -0.1) is 0 Å². The Bertz CT molecular complexity index is 896. The highest BCUT2D eigenvalue weighted by Gasteiger charge is 2.61. The van der Waals surface area contributed by atoms with Gasteiger partial charge in [-0.2, -0.15) is 0 Å². The molecule has 0 radical (unpaired) electrons. The van der Waals surface area contributed by atoms with E-state index >= 15 is 0 Å². The Labute approximate surface area is 164 Å². The molecule has 5 heteroatoms. The van der Waals surface area contributed by atoms with Gasteiger partial charge < -0.3 is 14.5 Å². The maximum atomic E-state index is 13.0. The summed E-state index contributed by atoms with van der Waals surface area (Å²) >= 11 is 0. The largest absolute Gasteiger partial charge is 0.353 e. The number of likely N-dealkylation sites (tertiary alicyclic amines) is 1. The van der Waals surface area contributed by atoms with Gasteiger partial charge in [0, 0.05) is 19.5 Å². The van der Waals surface area contributed by atoms with Crippen LogP contribution in [-0.2, 0) is 20.7 Å². The molecule has 3 saturated heterocycles. The zero-order chi connectivity index (χ0) is 19.1. The van der Waals surface area contributed by atoms with Crippen LogP contribution >= 0.6 is 0 Å². The van der Waals surface area contributed by atoms with E-state index in [2.05, 4.69) is 24.3 Å². The zero-order valence-corrected chi connectivity index (χ0v) is 15.8. The summed E-state index contributed by atoms with van der Waals surface area (Å²) in [5.41, 5.74) is 2.74. The first-order valence-corrected chi connectivity index (χ1v) is 10.1. The highest BCUT2D eigenvalue weighted by atomic mass is 16.5. The fourth-order valence-corrected chi connectivity index (χ4v) is 4.97. The number of benzene rings is 2. The SMILES string of the molecule is O=C(Cc1ccc(-c2ccccc2)cc1)N1CC[C@@]23OCCCN2C(=O)C[C@@H]13. The molecule has 144 valence electrons. The van der Waals surface area contributed by atoms with Crippen molar-refractivity contribution in [2.45, 2.75) is 37.5 Å². The van der Waals surface area contributed by atoms with Crippen molar-refractivity contribution in [1.82, 2.24) is 9.80 Å². The molecule has 0 unspecified atom stereocenters. The molecule has 0 aromatic heterocycles. The monoisotopic (exact) mass is 376 g/mol. The molecule has 2 aromatic rings. The number of hydrogen-bond acceptors (Lipinski definition) is 3. The number of carbonyl (C=O) groups excluding carboxylic acids is 2. The van der Waals surface area contributed by atoms with Crippen LogP contribution < -0.4 is 0 Å². The van der Waals surface area contributed by atoms with Crippen LogP contribution in [-0.4, -0.2) is 53.1 Å². The van der Waals surface area contributed by atoms with Gasteiger partial charge in [0.1, 0.15) is 0 Å².